The highest BCUT2D eigenvalue weighted by Gasteiger charge is 2.31. The van der Waals surface area contributed by atoms with Crippen LogP contribution in [0.15, 0.2) is 6.07 Å². The summed E-state index contributed by atoms with van der Waals surface area (Å²) in [6, 6.07) is 1.76. The second-order valence-corrected chi connectivity index (χ2v) is 5.34. The number of hydrogen-bond donors (Lipinski definition) is 1. The van der Waals surface area contributed by atoms with Crippen molar-refractivity contribution in [1.29, 1.82) is 0 Å². The van der Waals surface area contributed by atoms with Gasteiger partial charge in [0.2, 0.25) is 5.91 Å². The molecule has 0 bridgehead atoms. The van der Waals surface area contributed by atoms with Crippen LogP contribution >= 0.6 is 11.3 Å². The van der Waals surface area contributed by atoms with Gasteiger partial charge >= 0.3 is 5.97 Å². The Kier molecular flexibility index (Phi) is 3.47. The largest absolute Gasteiger partial charge is 0.462 e. The van der Waals surface area contributed by atoms with Gasteiger partial charge in [0.25, 0.3) is 0 Å². The first-order valence-corrected chi connectivity index (χ1v) is 6.52. The van der Waals surface area contributed by atoms with Gasteiger partial charge in [-0.15, -0.1) is 11.3 Å². The van der Waals surface area contributed by atoms with Crippen molar-refractivity contribution in [2.75, 3.05) is 11.9 Å². The molecule has 5 heteroatoms. The first kappa shape index (κ1) is 12.1. The first-order chi connectivity index (χ1) is 8.11. The van der Waals surface area contributed by atoms with E-state index in [2.05, 4.69) is 5.32 Å². The number of amides is 1. The number of hydrogen-bond acceptors (Lipinski definition) is 4. The average molecular weight is 253 g/mol. The Bertz CT molecular complexity index is 449. The quantitative estimate of drug-likeness (QED) is 0.839. The highest BCUT2D eigenvalue weighted by atomic mass is 32.1. The van der Waals surface area contributed by atoms with Gasteiger partial charge in [0.15, 0.2) is 0 Å². The van der Waals surface area contributed by atoms with Crippen LogP contribution in [0, 0.1) is 12.8 Å². The summed E-state index contributed by atoms with van der Waals surface area (Å²) in [5.74, 6) is -0.229. The van der Waals surface area contributed by atoms with Crippen LogP contribution < -0.4 is 5.32 Å². The molecule has 1 fully saturated rings. The predicted octanol–water partition coefficient (Wildman–Crippen LogP) is 2.58. The van der Waals surface area contributed by atoms with Crippen molar-refractivity contribution in [1.82, 2.24) is 0 Å². The Balaban J connectivity index is 2.14. The third-order valence-electron chi connectivity index (χ3n) is 2.54. The topological polar surface area (TPSA) is 55.4 Å². The molecule has 0 atom stereocenters. The number of carbonyl (C=O) groups is 2. The summed E-state index contributed by atoms with van der Waals surface area (Å²) in [6.07, 6.45) is 1.90. The monoisotopic (exact) mass is 253 g/mol. The molecule has 1 aliphatic carbocycles. The molecule has 1 heterocycles. The van der Waals surface area contributed by atoms with E-state index in [1.165, 1.54) is 11.3 Å². The van der Waals surface area contributed by atoms with Crippen LogP contribution in [-0.2, 0) is 9.53 Å². The Morgan fingerprint density at radius 1 is 1.53 bits per heavy atom. The van der Waals surface area contributed by atoms with E-state index in [0.717, 1.165) is 17.7 Å². The molecule has 0 unspecified atom stereocenters. The molecule has 0 aliphatic heterocycles. The van der Waals surface area contributed by atoms with Crippen LogP contribution in [0.5, 0.6) is 0 Å². The summed E-state index contributed by atoms with van der Waals surface area (Å²) in [6.45, 7) is 4.00. The van der Waals surface area contributed by atoms with Crippen molar-refractivity contribution in [2.45, 2.75) is 26.7 Å². The number of thiophene rings is 1. The molecule has 4 nitrogen and oxygen atoms in total. The minimum absolute atomic E-state index is 0.0115. The normalized spacial score (nSPS) is 14.5. The highest BCUT2D eigenvalue weighted by Crippen LogP contribution is 2.33. The first-order valence-electron chi connectivity index (χ1n) is 5.70. The third-order valence-corrected chi connectivity index (χ3v) is 3.50. The summed E-state index contributed by atoms with van der Waals surface area (Å²) in [5, 5.41) is 3.42. The lowest BCUT2D eigenvalue weighted by Gasteiger charge is -2.04. The Morgan fingerprint density at radius 2 is 2.24 bits per heavy atom. The van der Waals surface area contributed by atoms with Gasteiger partial charge in [-0.3, -0.25) is 4.79 Å². The van der Waals surface area contributed by atoms with Crippen LogP contribution in [0.2, 0.25) is 0 Å². The van der Waals surface area contributed by atoms with Gasteiger partial charge < -0.3 is 10.1 Å². The van der Waals surface area contributed by atoms with Gasteiger partial charge in [-0.2, -0.15) is 0 Å². The molecule has 1 saturated carbocycles. The molecule has 92 valence electrons. The number of rotatable bonds is 4. The maximum atomic E-state index is 11.7. The van der Waals surface area contributed by atoms with Gasteiger partial charge in [-0.1, -0.05) is 0 Å². The molecule has 1 aliphatic rings. The molecule has 1 aromatic heterocycles. The fourth-order valence-electron chi connectivity index (χ4n) is 1.53. The van der Waals surface area contributed by atoms with Gasteiger partial charge in [0.05, 0.1) is 12.2 Å². The van der Waals surface area contributed by atoms with Gasteiger partial charge in [-0.25, -0.2) is 4.79 Å². The lowest BCUT2D eigenvalue weighted by molar-refractivity contribution is -0.117. The van der Waals surface area contributed by atoms with E-state index in [9.17, 15) is 9.59 Å². The fourth-order valence-corrected chi connectivity index (χ4v) is 2.43. The van der Waals surface area contributed by atoms with Gasteiger partial charge in [0.1, 0.15) is 5.00 Å². The van der Waals surface area contributed by atoms with Gasteiger partial charge in [0, 0.05) is 10.8 Å². The van der Waals surface area contributed by atoms with E-state index in [1.807, 2.05) is 6.92 Å². The SMILES string of the molecule is CCOC(=O)c1cc(C)sc1NC(=O)C1CC1. The number of esters is 1. The molecule has 1 N–H and O–H groups in total. The minimum Gasteiger partial charge on any atom is -0.462 e. The number of ether oxygens (including phenoxy) is 1. The molecule has 0 radical (unpaired) electrons. The predicted molar refractivity (Wildman–Crippen MR) is 66.4 cm³/mol. The summed E-state index contributed by atoms with van der Waals surface area (Å²) in [4.78, 5) is 24.3. The number of nitrogens with one attached hydrogen (secondary N) is 1. The van der Waals surface area contributed by atoms with Crippen molar-refractivity contribution in [2.24, 2.45) is 5.92 Å². The molecule has 0 spiro atoms. The molecule has 1 aromatic rings. The molecular formula is C12H15NO3S. The van der Waals surface area contributed by atoms with Crippen molar-refractivity contribution in [3.63, 3.8) is 0 Å². The molecule has 0 aromatic carbocycles. The lowest BCUT2D eigenvalue weighted by Crippen LogP contribution is -2.15. The second-order valence-electron chi connectivity index (χ2n) is 4.08. The van der Waals surface area contributed by atoms with Gasteiger partial charge in [-0.05, 0) is 32.8 Å². The zero-order valence-electron chi connectivity index (χ0n) is 9.91. The number of anilines is 1. The Morgan fingerprint density at radius 3 is 2.82 bits per heavy atom. The highest BCUT2D eigenvalue weighted by molar-refractivity contribution is 7.16. The van der Waals surface area contributed by atoms with Crippen LogP contribution in [-0.4, -0.2) is 18.5 Å². The second kappa shape index (κ2) is 4.87. The molecule has 0 saturated heterocycles. The van der Waals surface area contributed by atoms with E-state index in [0.29, 0.717) is 17.2 Å². The molecule has 17 heavy (non-hydrogen) atoms. The van der Waals surface area contributed by atoms with Crippen molar-refractivity contribution in [3.8, 4) is 0 Å². The van der Waals surface area contributed by atoms with Crippen molar-refractivity contribution in [3.05, 3.63) is 16.5 Å². The summed E-state index contributed by atoms with van der Waals surface area (Å²) >= 11 is 1.41. The summed E-state index contributed by atoms with van der Waals surface area (Å²) in [5.41, 5.74) is 0.461. The van der Waals surface area contributed by atoms with E-state index in [1.54, 1.807) is 13.0 Å². The molecular weight excluding hydrogens is 238 g/mol. The Labute approximate surface area is 104 Å². The van der Waals surface area contributed by atoms with E-state index in [-0.39, 0.29) is 17.8 Å². The van der Waals surface area contributed by atoms with Crippen molar-refractivity contribution >= 4 is 28.2 Å². The van der Waals surface area contributed by atoms with Crippen LogP contribution in [0.4, 0.5) is 5.00 Å². The smallest absolute Gasteiger partial charge is 0.341 e. The number of carbonyl (C=O) groups excluding carboxylic acids is 2. The molecule has 1 amide bonds. The maximum Gasteiger partial charge on any atom is 0.341 e. The van der Waals surface area contributed by atoms with Crippen LogP contribution in [0.25, 0.3) is 0 Å². The summed E-state index contributed by atoms with van der Waals surface area (Å²) < 4.78 is 4.96. The summed E-state index contributed by atoms with van der Waals surface area (Å²) in [7, 11) is 0. The Hall–Kier alpha value is -1.36. The van der Waals surface area contributed by atoms with E-state index >= 15 is 0 Å². The third kappa shape index (κ3) is 2.85. The maximum absolute atomic E-state index is 11.7. The van der Waals surface area contributed by atoms with Crippen LogP contribution in [0.1, 0.15) is 35.0 Å². The average Bonchev–Trinajstić information content (AvgIpc) is 3.04. The van der Waals surface area contributed by atoms with Crippen molar-refractivity contribution < 1.29 is 14.3 Å². The minimum atomic E-state index is -0.372. The zero-order valence-corrected chi connectivity index (χ0v) is 10.7. The van der Waals surface area contributed by atoms with E-state index < -0.39 is 0 Å². The zero-order chi connectivity index (χ0) is 12.4. The number of aryl methyl sites for hydroxylation is 1. The standard InChI is InChI=1S/C12H15NO3S/c1-3-16-12(15)9-6-7(2)17-11(9)13-10(14)8-4-5-8/h6,8H,3-5H2,1-2H3,(H,13,14). The fraction of sp³-hybridized carbons (Fsp3) is 0.500. The van der Waals surface area contributed by atoms with E-state index in [4.69, 9.17) is 4.74 Å². The molecule has 2 rings (SSSR count). The lowest BCUT2D eigenvalue weighted by atomic mass is 10.3. The van der Waals surface area contributed by atoms with Crippen LogP contribution in [0.3, 0.4) is 0 Å².